The van der Waals surface area contributed by atoms with E-state index in [0.717, 1.165) is 12.1 Å². The van der Waals surface area contributed by atoms with Crippen molar-refractivity contribution in [2.45, 2.75) is 12.5 Å². The van der Waals surface area contributed by atoms with Gasteiger partial charge in [0.25, 0.3) is 5.69 Å². The predicted molar refractivity (Wildman–Crippen MR) is 73.0 cm³/mol. The summed E-state index contributed by atoms with van der Waals surface area (Å²) < 4.78 is 13.5. The Balaban J connectivity index is 2.22. The zero-order valence-electron chi connectivity index (χ0n) is 10.0. The monoisotopic (exact) mass is 344 g/mol. The van der Waals surface area contributed by atoms with Crippen molar-refractivity contribution < 1.29 is 19.2 Å². The van der Waals surface area contributed by atoms with Crippen LogP contribution in [0.1, 0.15) is 6.42 Å². The van der Waals surface area contributed by atoms with Crippen LogP contribution in [0.2, 0.25) is 0 Å². The minimum Gasteiger partial charge on any atom is -0.481 e. The van der Waals surface area contributed by atoms with Gasteiger partial charge in [0.05, 0.1) is 15.3 Å². The molecule has 1 aromatic rings. The topological polar surface area (TPSA) is 92.5 Å². The highest BCUT2D eigenvalue weighted by Crippen LogP contribution is 2.32. The van der Waals surface area contributed by atoms with Crippen molar-refractivity contribution in [3.63, 3.8) is 0 Å². The Morgan fingerprint density at radius 1 is 1.50 bits per heavy atom. The van der Waals surface area contributed by atoms with E-state index in [1.165, 1.54) is 6.08 Å². The third-order valence-corrected chi connectivity index (χ3v) is 3.58. The zero-order chi connectivity index (χ0) is 14.9. The fourth-order valence-corrected chi connectivity index (χ4v) is 2.32. The first-order chi connectivity index (χ1) is 9.38. The van der Waals surface area contributed by atoms with Crippen molar-refractivity contribution in [1.29, 1.82) is 0 Å². The van der Waals surface area contributed by atoms with Gasteiger partial charge in [0.2, 0.25) is 0 Å². The van der Waals surface area contributed by atoms with Gasteiger partial charge in [0.15, 0.2) is 0 Å². The van der Waals surface area contributed by atoms with Crippen LogP contribution in [0.5, 0.6) is 0 Å². The molecule has 0 saturated carbocycles. The van der Waals surface area contributed by atoms with Crippen molar-refractivity contribution in [3.8, 4) is 0 Å². The zero-order valence-corrected chi connectivity index (χ0v) is 11.6. The van der Waals surface area contributed by atoms with E-state index >= 15 is 0 Å². The lowest BCUT2D eigenvalue weighted by atomic mass is 10.1. The molecular formula is C12H10BrFN2O4. The first-order valence-corrected chi connectivity index (χ1v) is 6.49. The quantitative estimate of drug-likeness (QED) is 0.497. The molecule has 0 saturated heterocycles. The fraction of sp³-hybridized carbons (Fsp3) is 0.250. The summed E-state index contributed by atoms with van der Waals surface area (Å²) in [5, 5.41) is 22.6. The standard InChI is InChI=1S/C12H10BrFN2O4/c13-8-4-11(16(19)20)10(5-9(8)14)15-7-2-1-6(3-7)12(17)18/h1-2,4-7,15H,3H2,(H,17,18). The molecular weight excluding hydrogens is 335 g/mol. The molecule has 0 spiro atoms. The summed E-state index contributed by atoms with van der Waals surface area (Å²) >= 11 is 2.89. The SMILES string of the molecule is O=C(O)C1C=CC(Nc2cc(F)c(Br)cc2[N+](=O)[O-])C1. The largest absolute Gasteiger partial charge is 0.481 e. The Hall–Kier alpha value is -1.96. The van der Waals surface area contributed by atoms with E-state index in [0.29, 0.717) is 0 Å². The Morgan fingerprint density at radius 3 is 2.75 bits per heavy atom. The number of carboxylic acids is 1. The van der Waals surface area contributed by atoms with E-state index in [-0.39, 0.29) is 28.3 Å². The number of nitrogens with zero attached hydrogens (tertiary/aromatic N) is 1. The second kappa shape index (κ2) is 5.58. The Labute approximate surface area is 121 Å². The first kappa shape index (κ1) is 14.4. The van der Waals surface area contributed by atoms with Gasteiger partial charge in [-0.2, -0.15) is 0 Å². The second-order valence-corrected chi connectivity index (χ2v) is 5.21. The molecule has 2 unspecified atom stereocenters. The number of nitro groups is 1. The number of nitrogens with one attached hydrogen (secondary N) is 1. The molecule has 2 N–H and O–H groups in total. The van der Waals surface area contributed by atoms with E-state index in [4.69, 9.17) is 5.11 Å². The van der Waals surface area contributed by atoms with E-state index in [1.54, 1.807) is 6.08 Å². The number of carbonyl (C=O) groups is 1. The number of benzene rings is 1. The molecule has 0 bridgehead atoms. The lowest BCUT2D eigenvalue weighted by Crippen LogP contribution is -2.19. The molecule has 8 heteroatoms. The smallest absolute Gasteiger partial charge is 0.310 e. The van der Waals surface area contributed by atoms with Crippen LogP contribution in [0, 0.1) is 21.8 Å². The molecule has 0 aliphatic heterocycles. The van der Waals surface area contributed by atoms with Gasteiger partial charge in [-0.25, -0.2) is 4.39 Å². The number of carboxylic acid groups (broad SMARTS) is 1. The number of halogens is 2. The van der Waals surface area contributed by atoms with Crippen LogP contribution in [0.3, 0.4) is 0 Å². The van der Waals surface area contributed by atoms with Crippen molar-refractivity contribution in [2.24, 2.45) is 5.92 Å². The van der Waals surface area contributed by atoms with Gasteiger partial charge in [0.1, 0.15) is 11.5 Å². The van der Waals surface area contributed by atoms with Gasteiger partial charge in [0, 0.05) is 18.2 Å². The number of aliphatic carboxylic acids is 1. The molecule has 0 fully saturated rings. The van der Waals surface area contributed by atoms with Crippen LogP contribution in [0.15, 0.2) is 28.8 Å². The number of hydrogen-bond donors (Lipinski definition) is 2. The van der Waals surface area contributed by atoms with Crippen LogP contribution in [-0.2, 0) is 4.79 Å². The van der Waals surface area contributed by atoms with Crippen molar-refractivity contribution in [1.82, 2.24) is 0 Å². The van der Waals surface area contributed by atoms with Gasteiger partial charge >= 0.3 is 5.97 Å². The number of nitro benzene ring substituents is 1. The number of hydrogen-bond acceptors (Lipinski definition) is 4. The van der Waals surface area contributed by atoms with Crippen LogP contribution in [0.4, 0.5) is 15.8 Å². The average Bonchev–Trinajstić information content (AvgIpc) is 2.82. The van der Waals surface area contributed by atoms with Gasteiger partial charge in [-0.05, 0) is 22.4 Å². The van der Waals surface area contributed by atoms with Gasteiger partial charge in [-0.1, -0.05) is 12.2 Å². The van der Waals surface area contributed by atoms with E-state index in [9.17, 15) is 19.3 Å². The lowest BCUT2D eigenvalue weighted by Gasteiger charge is -2.14. The minimum atomic E-state index is -0.956. The predicted octanol–water partition coefficient (Wildman–Crippen LogP) is 2.94. The maximum atomic E-state index is 13.5. The first-order valence-electron chi connectivity index (χ1n) is 5.69. The minimum absolute atomic E-state index is 0.000117. The molecule has 1 aliphatic carbocycles. The molecule has 0 heterocycles. The van der Waals surface area contributed by atoms with Crippen LogP contribution in [-0.4, -0.2) is 22.0 Å². The summed E-state index contributed by atoms with van der Waals surface area (Å²) in [6.07, 6.45) is 3.40. The van der Waals surface area contributed by atoms with Crippen molar-refractivity contribution >= 4 is 33.3 Å². The molecule has 6 nitrogen and oxygen atoms in total. The Bertz CT molecular complexity index is 605. The summed E-state index contributed by atoms with van der Waals surface area (Å²) in [5.41, 5.74) is -0.248. The van der Waals surface area contributed by atoms with Crippen molar-refractivity contribution in [2.75, 3.05) is 5.32 Å². The summed E-state index contributed by atoms with van der Waals surface area (Å²) in [5.74, 6) is -2.22. The average molecular weight is 345 g/mol. The third-order valence-electron chi connectivity index (χ3n) is 2.98. The van der Waals surface area contributed by atoms with Gasteiger partial charge in [-0.15, -0.1) is 0 Å². The molecule has 0 aromatic heterocycles. The Kier molecular flexibility index (Phi) is 4.03. The van der Waals surface area contributed by atoms with Crippen LogP contribution < -0.4 is 5.32 Å². The second-order valence-electron chi connectivity index (χ2n) is 4.36. The number of rotatable bonds is 4. The van der Waals surface area contributed by atoms with Gasteiger partial charge in [-0.3, -0.25) is 14.9 Å². The summed E-state index contributed by atoms with van der Waals surface area (Å²) in [7, 11) is 0. The van der Waals surface area contributed by atoms with Crippen molar-refractivity contribution in [3.05, 3.63) is 44.7 Å². The summed E-state index contributed by atoms with van der Waals surface area (Å²) in [4.78, 5) is 21.1. The molecule has 2 rings (SSSR count). The van der Waals surface area contributed by atoms with E-state index in [2.05, 4.69) is 21.2 Å². The summed E-state index contributed by atoms with van der Waals surface area (Å²) in [6, 6.07) is 1.71. The molecule has 106 valence electrons. The highest BCUT2D eigenvalue weighted by Gasteiger charge is 2.26. The highest BCUT2D eigenvalue weighted by molar-refractivity contribution is 9.10. The Morgan fingerprint density at radius 2 is 2.20 bits per heavy atom. The van der Waals surface area contributed by atoms with Gasteiger partial charge < -0.3 is 10.4 Å². The maximum absolute atomic E-state index is 13.5. The summed E-state index contributed by atoms with van der Waals surface area (Å²) in [6.45, 7) is 0. The fourth-order valence-electron chi connectivity index (χ4n) is 1.99. The third kappa shape index (κ3) is 2.96. The maximum Gasteiger partial charge on any atom is 0.310 e. The normalized spacial score (nSPS) is 20.9. The lowest BCUT2D eigenvalue weighted by molar-refractivity contribution is -0.384. The van der Waals surface area contributed by atoms with Crippen LogP contribution >= 0.6 is 15.9 Å². The molecule has 0 radical (unpaired) electrons. The molecule has 1 aliphatic rings. The van der Waals surface area contributed by atoms with E-state index < -0.39 is 22.6 Å². The molecule has 20 heavy (non-hydrogen) atoms. The van der Waals surface area contributed by atoms with E-state index in [1.807, 2.05) is 0 Å². The van der Waals surface area contributed by atoms with Crippen LogP contribution in [0.25, 0.3) is 0 Å². The molecule has 1 aromatic carbocycles. The number of anilines is 1. The molecule has 2 atom stereocenters. The highest BCUT2D eigenvalue weighted by atomic mass is 79.9. The molecule has 0 amide bonds.